The van der Waals surface area contributed by atoms with Crippen LogP contribution < -0.4 is 4.72 Å². The van der Waals surface area contributed by atoms with Crippen LogP contribution >= 0.6 is 0 Å². The molecule has 0 atom stereocenters. The summed E-state index contributed by atoms with van der Waals surface area (Å²) < 4.78 is 41.1. The van der Waals surface area contributed by atoms with Gasteiger partial charge in [-0.2, -0.15) is 5.10 Å². The van der Waals surface area contributed by atoms with E-state index in [-0.39, 0.29) is 11.1 Å². The van der Waals surface area contributed by atoms with E-state index >= 15 is 0 Å². The minimum Gasteiger partial charge on any atom is -0.266 e. The summed E-state index contributed by atoms with van der Waals surface area (Å²) in [6.07, 6.45) is 0. The standard InChI is InChI=1S/C15H17FN4O5S/c1-15(2,3)13-8-12(19(4)17-13)14(21)18-26(24,25)11-6-9(16)5-10(7-11)20(22)23/h5-8H,1-4H3,(H,18,21). The van der Waals surface area contributed by atoms with Gasteiger partial charge in [0.1, 0.15) is 11.5 Å². The van der Waals surface area contributed by atoms with Crippen LogP contribution in [0.15, 0.2) is 29.2 Å². The molecule has 11 heteroatoms. The highest BCUT2D eigenvalue weighted by Crippen LogP contribution is 2.22. The van der Waals surface area contributed by atoms with Gasteiger partial charge in [0.25, 0.3) is 21.6 Å². The molecule has 0 aliphatic carbocycles. The number of carbonyl (C=O) groups is 1. The minimum absolute atomic E-state index is 0.0237. The van der Waals surface area contributed by atoms with Gasteiger partial charge in [-0.25, -0.2) is 17.5 Å². The Morgan fingerprint density at radius 1 is 1.27 bits per heavy atom. The lowest BCUT2D eigenvalue weighted by atomic mass is 9.92. The first-order chi connectivity index (χ1) is 11.8. The highest BCUT2D eigenvalue weighted by Gasteiger charge is 2.26. The Kier molecular flexibility index (Phi) is 4.86. The Labute approximate surface area is 149 Å². The lowest BCUT2D eigenvalue weighted by Crippen LogP contribution is -2.32. The van der Waals surface area contributed by atoms with Crippen molar-refractivity contribution in [3.05, 3.63) is 51.6 Å². The predicted octanol–water partition coefficient (Wildman–Crippen LogP) is 1.88. The number of amides is 1. The average Bonchev–Trinajstić information content (AvgIpc) is 2.88. The Morgan fingerprint density at radius 3 is 2.38 bits per heavy atom. The Hall–Kier alpha value is -2.82. The van der Waals surface area contributed by atoms with Crippen molar-refractivity contribution in [2.75, 3.05) is 0 Å². The van der Waals surface area contributed by atoms with Crippen LogP contribution in [0.2, 0.25) is 0 Å². The second-order valence-electron chi connectivity index (χ2n) is 6.63. The summed E-state index contributed by atoms with van der Waals surface area (Å²) in [6.45, 7) is 5.62. The van der Waals surface area contributed by atoms with Crippen LogP contribution in [-0.4, -0.2) is 29.0 Å². The van der Waals surface area contributed by atoms with Crippen LogP contribution in [0.4, 0.5) is 10.1 Å². The van der Waals surface area contributed by atoms with Gasteiger partial charge < -0.3 is 0 Å². The summed E-state index contributed by atoms with van der Waals surface area (Å²) in [7, 11) is -3.04. The van der Waals surface area contributed by atoms with E-state index in [1.807, 2.05) is 20.8 Å². The summed E-state index contributed by atoms with van der Waals surface area (Å²) >= 11 is 0. The molecule has 0 aliphatic heterocycles. The number of hydrogen-bond donors (Lipinski definition) is 1. The third-order valence-electron chi connectivity index (χ3n) is 3.49. The second-order valence-corrected chi connectivity index (χ2v) is 8.31. The van der Waals surface area contributed by atoms with E-state index in [9.17, 15) is 27.7 Å². The lowest BCUT2D eigenvalue weighted by molar-refractivity contribution is -0.385. The van der Waals surface area contributed by atoms with Gasteiger partial charge in [0.05, 0.1) is 21.6 Å². The number of non-ortho nitro benzene ring substituents is 1. The number of nitrogens with one attached hydrogen (secondary N) is 1. The number of hydrogen-bond acceptors (Lipinski definition) is 6. The van der Waals surface area contributed by atoms with Gasteiger partial charge >= 0.3 is 0 Å². The number of nitrogens with zero attached hydrogens (tertiary/aromatic N) is 3. The molecule has 1 amide bonds. The van der Waals surface area contributed by atoms with Gasteiger partial charge in [-0.05, 0) is 12.1 Å². The first kappa shape index (κ1) is 19.5. The van der Waals surface area contributed by atoms with E-state index in [4.69, 9.17) is 0 Å². The molecule has 0 radical (unpaired) electrons. The molecule has 0 saturated carbocycles. The molecule has 0 unspecified atom stereocenters. The Morgan fingerprint density at radius 2 is 1.88 bits per heavy atom. The number of rotatable bonds is 4. The number of halogens is 1. The summed E-state index contributed by atoms with van der Waals surface area (Å²) in [5.74, 6) is -2.09. The van der Waals surface area contributed by atoms with Crippen molar-refractivity contribution >= 4 is 21.6 Å². The average molecular weight is 384 g/mol. The van der Waals surface area contributed by atoms with Gasteiger partial charge in [0.15, 0.2) is 0 Å². The molecule has 1 aromatic carbocycles. The topological polar surface area (TPSA) is 124 Å². The largest absolute Gasteiger partial charge is 0.283 e. The quantitative estimate of drug-likeness (QED) is 0.634. The van der Waals surface area contributed by atoms with E-state index in [0.717, 1.165) is 0 Å². The van der Waals surface area contributed by atoms with Crippen LogP contribution in [0.3, 0.4) is 0 Å². The van der Waals surface area contributed by atoms with E-state index in [2.05, 4.69) is 5.10 Å². The smallest absolute Gasteiger partial charge is 0.266 e. The van der Waals surface area contributed by atoms with Gasteiger partial charge in [0.2, 0.25) is 0 Å². The van der Waals surface area contributed by atoms with E-state index < -0.39 is 37.3 Å². The molecule has 0 saturated heterocycles. The Balaban J connectivity index is 2.37. The molecule has 0 spiro atoms. The maximum Gasteiger partial charge on any atom is 0.283 e. The third-order valence-corrected chi connectivity index (χ3v) is 4.80. The number of sulfonamides is 1. The number of aryl methyl sites for hydroxylation is 1. The highest BCUT2D eigenvalue weighted by atomic mass is 32.2. The van der Waals surface area contributed by atoms with Crippen molar-refractivity contribution in [2.45, 2.75) is 31.1 Å². The molecule has 26 heavy (non-hydrogen) atoms. The highest BCUT2D eigenvalue weighted by molar-refractivity contribution is 7.90. The maximum atomic E-state index is 13.5. The molecule has 0 bridgehead atoms. The molecule has 0 fully saturated rings. The number of nitro groups is 1. The van der Waals surface area contributed by atoms with Crippen LogP contribution in [0.5, 0.6) is 0 Å². The molecule has 9 nitrogen and oxygen atoms in total. The van der Waals surface area contributed by atoms with Crippen molar-refractivity contribution < 1.29 is 22.5 Å². The molecule has 2 rings (SSSR count). The Bertz CT molecular complexity index is 992. The lowest BCUT2D eigenvalue weighted by Gasteiger charge is -2.13. The zero-order valence-corrected chi connectivity index (χ0v) is 15.3. The number of aromatic nitrogens is 2. The number of benzene rings is 1. The second kappa shape index (κ2) is 6.48. The molecule has 140 valence electrons. The van der Waals surface area contributed by atoms with Crippen molar-refractivity contribution in [1.82, 2.24) is 14.5 Å². The molecular formula is C15H17FN4O5S. The number of nitro benzene ring substituents is 1. The van der Waals surface area contributed by atoms with E-state index in [1.54, 1.807) is 4.72 Å². The van der Waals surface area contributed by atoms with Crippen LogP contribution in [0.25, 0.3) is 0 Å². The van der Waals surface area contributed by atoms with Crippen LogP contribution in [-0.2, 0) is 22.5 Å². The van der Waals surface area contributed by atoms with E-state index in [1.165, 1.54) is 17.8 Å². The molecule has 1 aromatic heterocycles. The summed E-state index contributed by atoms with van der Waals surface area (Å²) in [5.41, 5.74) is -0.556. The number of carbonyl (C=O) groups excluding carboxylic acids is 1. The fraction of sp³-hybridized carbons (Fsp3) is 0.333. The first-order valence-corrected chi connectivity index (χ1v) is 8.86. The van der Waals surface area contributed by atoms with Gasteiger partial charge in [-0.1, -0.05) is 20.8 Å². The normalized spacial score (nSPS) is 12.0. The van der Waals surface area contributed by atoms with Gasteiger partial charge in [-0.3, -0.25) is 19.6 Å². The van der Waals surface area contributed by atoms with Crippen molar-refractivity contribution in [1.29, 1.82) is 0 Å². The summed E-state index contributed by atoms with van der Waals surface area (Å²) in [6, 6.07) is 3.28. The summed E-state index contributed by atoms with van der Waals surface area (Å²) in [4.78, 5) is 21.4. The summed E-state index contributed by atoms with van der Waals surface area (Å²) in [5, 5.41) is 14.9. The SMILES string of the molecule is Cn1nc(C(C)(C)C)cc1C(=O)NS(=O)(=O)c1cc(F)cc([N+](=O)[O-])c1. The minimum atomic E-state index is -4.51. The molecule has 0 aliphatic rings. The van der Waals surface area contributed by atoms with Gasteiger partial charge in [-0.15, -0.1) is 0 Å². The van der Waals surface area contributed by atoms with E-state index in [0.29, 0.717) is 23.9 Å². The van der Waals surface area contributed by atoms with Gasteiger partial charge in [0, 0.05) is 18.5 Å². The monoisotopic (exact) mass is 384 g/mol. The van der Waals surface area contributed by atoms with Crippen molar-refractivity contribution in [3.8, 4) is 0 Å². The van der Waals surface area contributed by atoms with Crippen molar-refractivity contribution in [2.24, 2.45) is 7.05 Å². The predicted molar refractivity (Wildman–Crippen MR) is 89.6 cm³/mol. The fourth-order valence-electron chi connectivity index (χ4n) is 2.09. The fourth-order valence-corrected chi connectivity index (χ4v) is 3.10. The molecule has 1 N–H and O–H groups in total. The molecule has 1 heterocycles. The van der Waals surface area contributed by atoms with Crippen molar-refractivity contribution in [3.63, 3.8) is 0 Å². The molecular weight excluding hydrogens is 367 g/mol. The maximum absolute atomic E-state index is 13.5. The first-order valence-electron chi connectivity index (χ1n) is 7.38. The zero-order valence-electron chi connectivity index (χ0n) is 14.5. The van der Waals surface area contributed by atoms with Crippen LogP contribution in [0.1, 0.15) is 37.0 Å². The van der Waals surface area contributed by atoms with Crippen LogP contribution in [0, 0.1) is 15.9 Å². The molecule has 2 aromatic rings. The zero-order chi connectivity index (χ0) is 19.9. The third kappa shape index (κ3) is 4.04.